The van der Waals surface area contributed by atoms with Crippen molar-refractivity contribution in [2.24, 2.45) is 0 Å². The molecule has 4 aromatic rings. The Morgan fingerprint density at radius 2 is 0.912 bits per heavy atom. The highest BCUT2D eigenvalue weighted by molar-refractivity contribution is 6.04. The molecule has 0 N–H and O–H groups in total. The molecule has 0 aliphatic carbocycles. The molecule has 168 valence electrons. The van der Waals surface area contributed by atoms with E-state index in [2.05, 4.69) is 41.3 Å². The van der Waals surface area contributed by atoms with E-state index in [0.29, 0.717) is 0 Å². The number of hydrogen-bond acceptors (Lipinski definition) is 3. The zero-order valence-corrected chi connectivity index (χ0v) is 19.5. The number of allylic oxidation sites excluding steroid dienone is 2. The Balaban J connectivity index is 1.46. The summed E-state index contributed by atoms with van der Waals surface area (Å²) in [5, 5.41) is 0. The summed E-state index contributed by atoms with van der Waals surface area (Å²) in [5.41, 5.74) is 6.35. The van der Waals surface area contributed by atoms with Crippen LogP contribution in [0.4, 0.5) is 22.7 Å². The fourth-order valence-corrected chi connectivity index (χ4v) is 3.63. The predicted octanol–water partition coefficient (Wildman–Crippen LogP) is 7.52. The van der Waals surface area contributed by atoms with Gasteiger partial charge in [0.05, 0.1) is 0 Å². The molecule has 0 heterocycles. The highest BCUT2D eigenvalue weighted by Crippen LogP contribution is 2.34. The van der Waals surface area contributed by atoms with Gasteiger partial charge in [0, 0.05) is 36.8 Å². The zero-order chi connectivity index (χ0) is 23.8. The summed E-state index contributed by atoms with van der Waals surface area (Å²) in [6.07, 6.45) is 6.89. The number of nitrogens with zero attached hydrogens (tertiary/aromatic N) is 2. The quantitative estimate of drug-likeness (QED) is 0.263. The molecule has 0 radical (unpaired) electrons. The lowest BCUT2D eigenvalue weighted by Gasteiger charge is -2.25. The fraction of sp³-hybridized carbons (Fsp3) is 0.0645. The van der Waals surface area contributed by atoms with Crippen LogP contribution in [0.15, 0.2) is 121 Å². The van der Waals surface area contributed by atoms with Crippen molar-refractivity contribution in [1.82, 2.24) is 0 Å². The summed E-state index contributed by atoms with van der Waals surface area (Å²) in [6, 6.07) is 36.9. The van der Waals surface area contributed by atoms with E-state index in [1.54, 1.807) is 12.2 Å². The van der Waals surface area contributed by atoms with Gasteiger partial charge in [-0.25, -0.2) is 0 Å². The maximum Gasteiger partial charge on any atom is 0.178 e. The largest absolute Gasteiger partial charge is 0.378 e. The second kappa shape index (κ2) is 11.0. The third-order valence-electron chi connectivity index (χ3n) is 5.47. The lowest BCUT2D eigenvalue weighted by Crippen LogP contribution is -2.09. The van der Waals surface area contributed by atoms with Crippen LogP contribution in [-0.2, 0) is 4.79 Å². The van der Waals surface area contributed by atoms with Crippen molar-refractivity contribution in [3.63, 3.8) is 0 Å². The van der Waals surface area contributed by atoms with Crippen LogP contribution in [0.5, 0.6) is 0 Å². The molecule has 0 spiro atoms. The molecule has 0 aliphatic rings. The van der Waals surface area contributed by atoms with Crippen LogP contribution in [-0.4, -0.2) is 19.9 Å². The molecule has 0 saturated heterocycles. The second-order valence-electron chi connectivity index (χ2n) is 8.15. The lowest BCUT2D eigenvalue weighted by atomic mass is 10.1. The summed E-state index contributed by atoms with van der Waals surface area (Å²) >= 11 is 0. The second-order valence-corrected chi connectivity index (χ2v) is 8.15. The van der Waals surface area contributed by atoms with Gasteiger partial charge in [-0.05, 0) is 71.8 Å². The smallest absolute Gasteiger partial charge is 0.178 e. The van der Waals surface area contributed by atoms with Gasteiger partial charge in [0.1, 0.15) is 0 Å². The summed E-state index contributed by atoms with van der Waals surface area (Å²) < 4.78 is 0. The van der Waals surface area contributed by atoms with Crippen LogP contribution >= 0.6 is 0 Å². The summed E-state index contributed by atoms with van der Waals surface area (Å²) in [5.74, 6) is -0.0454. The van der Waals surface area contributed by atoms with Crippen LogP contribution in [0.3, 0.4) is 0 Å². The van der Waals surface area contributed by atoms with E-state index in [9.17, 15) is 4.79 Å². The Kier molecular flexibility index (Phi) is 7.36. The van der Waals surface area contributed by atoms with E-state index in [0.717, 1.165) is 33.9 Å². The van der Waals surface area contributed by atoms with E-state index < -0.39 is 0 Å². The van der Waals surface area contributed by atoms with Gasteiger partial charge in [-0.1, -0.05) is 72.8 Å². The maximum atomic E-state index is 12.3. The van der Waals surface area contributed by atoms with Crippen molar-refractivity contribution in [1.29, 1.82) is 0 Å². The first kappa shape index (κ1) is 22.8. The Labute approximate surface area is 201 Å². The van der Waals surface area contributed by atoms with E-state index in [1.807, 2.05) is 104 Å². The molecular formula is C31H28N2O. The molecule has 4 aromatic carbocycles. The van der Waals surface area contributed by atoms with Crippen LogP contribution in [0.2, 0.25) is 0 Å². The van der Waals surface area contributed by atoms with Crippen molar-refractivity contribution in [3.05, 3.63) is 132 Å². The number of hydrogen-bond donors (Lipinski definition) is 0. The Morgan fingerprint density at radius 3 is 1.32 bits per heavy atom. The monoisotopic (exact) mass is 444 g/mol. The molecule has 3 heteroatoms. The lowest BCUT2D eigenvalue weighted by molar-refractivity contribution is -0.110. The van der Waals surface area contributed by atoms with Gasteiger partial charge in [0.15, 0.2) is 5.78 Å². The van der Waals surface area contributed by atoms with Gasteiger partial charge in [-0.2, -0.15) is 0 Å². The standard InChI is InChI=1S/C31H28N2O/c1-32(2)27-19-13-25(14-20-27)17-23-31(34)24-18-26-15-21-30(22-16-26)33(28-9-5-3-6-10-28)29-11-7-4-8-12-29/h3-24H,1-2H3/b23-17+,24-18+. The molecule has 0 unspecified atom stereocenters. The molecule has 34 heavy (non-hydrogen) atoms. The SMILES string of the molecule is CN(C)c1ccc(/C=C/C(=O)/C=C/c2ccc(N(c3ccccc3)c3ccccc3)cc2)cc1. The first-order valence-electron chi connectivity index (χ1n) is 11.3. The number of carbonyl (C=O) groups is 1. The van der Waals surface area contributed by atoms with E-state index >= 15 is 0 Å². The number of anilines is 4. The third kappa shape index (κ3) is 5.90. The molecule has 0 aromatic heterocycles. The molecule has 0 saturated carbocycles. The zero-order valence-electron chi connectivity index (χ0n) is 19.5. The Hall–Kier alpha value is -4.37. The Morgan fingerprint density at radius 1 is 0.529 bits per heavy atom. The van der Waals surface area contributed by atoms with Crippen molar-refractivity contribution in [3.8, 4) is 0 Å². The van der Waals surface area contributed by atoms with Gasteiger partial charge in [0.2, 0.25) is 0 Å². The molecule has 0 aliphatic heterocycles. The van der Waals surface area contributed by atoms with E-state index in [4.69, 9.17) is 0 Å². The number of para-hydroxylation sites is 2. The molecule has 0 fully saturated rings. The van der Waals surface area contributed by atoms with Crippen LogP contribution < -0.4 is 9.80 Å². The summed E-state index contributed by atoms with van der Waals surface area (Å²) in [4.78, 5) is 16.6. The van der Waals surface area contributed by atoms with Crippen LogP contribution in [0.1, 0.15) is 11.1 Å². The van der Waals surface area contributed by atoms with Gasteiger partial charge in [-0.15, -0.1) is 0 Å². The van der Waals surface area contributed by atoms with Crippen LogP contribution in [0, 0.1) is 0 Å². The fourth-order valence-electron chi connectivity index (χ4n) is 3.63. The molecule has 0 amide bonds. The van der Waals surface area contributed by atoms with Crippen molar-refractivity contribution in [2.75, 3.05) is 23.9 Å². The van der Waals surface area contributed by atoms with Gasteiger partial charge >= 0.3 is 0 Å². The van der Waals surface area contributed by atoms with Gasteiger partial charge in [-0.3, -0.25) is 4.79 Å². The minimum atomic E-state index is -0.0454. The first-order chi connectivity index (χ1) is 16.6. The normalized spacial score (nSPS) is 11.1. The van der Waals surface area contributed by atoms with Gasteiger partial charge in [0.25, 0.3) is 0 Å². The van der Waals surface area contributed by atoms with Gasteiger partial charge < -0.3 is 9.80 Å². The predicted molar refractivity (Wildman–Crippen MR) is 145 cm³/mol. The maximum absolute atomic E-state index is 12.3. The average Bonchev–Trinajstić information content (AvgIpc) is 2.88. The first-order valence-corrected chi connectivity index (χ1v) is 11.3. The number of carbonyl (C=O) groups excluding carboxylic acids is 1. The van der Waals surface area contributed by atoms with Crippen molar-refractivity contribution < 1.29 is 4.79 Å². The summed E-state index contributed by atoms with van der Waals surface area (Å²) in [7, 11) is 4.01. The van der Waals surface area contributed by atoms with E-state index in [1.165, 1.54) is 0 Å². The van der Waals surface area contributed by atoms with E-state index in [-0.39, 0.29) is 5.78 Å². The third-order valence-corrected chi connectivity index (χ3v) is 5.47. The number of rotatable bonds is 8. The molecule has 0 bridgehead atoms. The average molecular weight is 445 g/mol. The molecule has 4 rings (SSSR count). The minimum absolute atomic E-state index is 0.0454. The Bertz CT molecular complexity index is 1220. The number of ketones is 1. The van der Waals surface area contributed by atoms with Crippen molar-refractivity contribution in [2.45, 2.75) is 0 Å². The summed E-state index contributed by atoms with van der Waals surface area (Å²) in [6.45, 7) is 0. The molecule has 0 atom stereocenters. The molecular weight excluding hydrogens is 416 g/mol. The molecule has 3 nitrogen and oxygen atoms in total. The minimum Gasteiger partial charge on any atom is -0.378 e. The highest BCUT2D eigenvalue weighted by Gasteiger charge is 2.11. The highest BCUT2D eigenvalue weighted by atomic mass is 16.1. The number of benzene rings is 4. The topological polar surface area (TPSA) is 23.6 Å². The van der Waals surface area contributed by atoms with Crippen molar-refractivity contribution >= 4 is 40.7 Å². The van der Waals surface area contributed by atoms with Crippen LogP contribution in [0.25, 0.3) is 12.2 Å².